The Hall–Kier alpha value is -1.35. The van der Waals surface area contributed by atoms with Gasteiger partial charge >= 0.3 is 5.97 Å². The monoisotopic (exact) mass is 261 g/mol. The van der Waals surface area contributed by atoms with Crippen LogP contribution in [-0.2, 0) is 24.2 Å². The van der Waals surface area contributed by atoms with Crippen molar-refractivity contribution in [3.05, 3.63) is 34.9 Å². The molecule has 2 rings (SSSR count). The van der Waals surface area contributed by atoms with Gasteiger partial charge in [0.2, 0.25) is 0 Å². The molecule has 1 aliphatic carbocycles. The van der Waals surface area contributed by atoms with Gasteiger partial charge in [0.05, 0.1) is 6.54 Å². The Bertz CT molecular complexity index is 454. The lowest BCUT2D eigenvalue weighted by Crippen LogP contribution is -2.35. The molecule has 0 spiro atoms. The van der Waals surface area contributed by atoms with Crippen LogP contribution >= 0.6 is 0 Å². The lowest BCUT2D eigenvalue weighted by molar-refractivity contribution is -0.138. The summed E-state index contributed by atoms with van der Waals surface area (Å²) in [5.74, 6) is -0.758. The van der Waals surface area contributed by atoms with E-state index >= 15 is 0 Å². The first-order valence-corrected chi connectivity index (χ1v) is 7.13. The molecule has 3 nitrogen and oxygen atoms in total. The molecular weight excluding hydrogens is 238 g/mol. The quantitative estimate of drug-likeness (QED) is 0.886. The lowest BCUT2D eigenvalue weighted by atomic mass is 9.90. The van der Waals surface area contributed by atoms with Crippen LogP contribution in [0.4, 0.5) is 0 Å². The van der Waals surface area contributed by atoms with E-state index in [9.17, 15) is 4.79 Å². The van der Waals surface area contributed by atoms with Crippen molar-refractivity contribution >= 4 is 5.97 Å². The first-order chi connectivity index (χ1) is 9.06. The van der Waals surface area contributed by atoms with E-state index in [0.717, 1.165) is 6.54 Å². The number of carbonyl (C=O) groups is 1. The van der Waals surface area contributed by atoms with Gasteiger partial charge < -0.3 is 5.11 Å². The van der Waals surface area contributed by atoms with Crippen LogP contribution in [0.1, 0.15) is 43.4 Å². The SMILES string of the molecule is CC(C)N(CC(=O)O)Cc1ccc2c(c1)CCCC2. The zero-order chi connectivity index (χ0) is 13.8. The van der Waals surface area contributed by atoms with Crippen LogP contribution < -0.4 is 0 Å². The van der Waals surface area contributed by atoms with Crippen molar-refractivity contribution in [1.29, 1.82) is 0 Å². The average molecular weight is 261 g/mol. The van der Waals surface area contributed by atoms with Crippen molar-refractivity contribution in [2.24, 2.45) is 0 Å². The maximum atomic E-state index is 10.9. The zero-order valence-corrected chi connectivity index (χ0v) is 11.9. The summed E-state index contributed by atoms with van der Waals surface area (Å²) in [7, 11) is 0. The molecule has 19 heavy (non-hydrogen) atoms. The maximum Gasteiger partial charge on any atom is 0.317 e. The van der Waals surface area contributed by atoms with E-state index in [2.05, 4.69) is 18.2 Å². The highest BCUT2D eigenvalue weighted by atomic mass is 16.4. The van der Waals surface area contributed by atoms with E-state index in [1.54, 1.807) is 0 Å². The summed E-state index contributed by atoms with van der Waals surface area (Å²) in [6.07, 6.45) is 4.94. The molecule has 0 heterocycles. The fraction of sp³-hybridized carbons (Fsp3) is 0.562. The molecule has 0 fully saturated rings. The average Bonchev–Trinajstić information content (AvgIpc) is 2.37. The summed E-state index contributed by atoms with van der Waals surface area (Å²) in [4.78, 5) is 12.9. The second-order valence-corrected chi connectivity index (χ2v) is 5.70. The van der Waals surface area contributed by atoms with E-state index < -0.39 is 5.97 Å². The number of fused-ring (bicyclic) bond motifs is 1. The van der Waals surface area contributed by atoms with Crippen molar-refractivity contribution in [1.82, 2.24) is 4.90 Å². The van der Waals surface area contributed by atoms with Gasteiger partial charge in [0.25, 0.3) is 0 Å². The van der Waals surface area contributed by atoms with Crippen LogP contribution in [0.3, 0.4) is 0 Å². The van der Waals surface area contributed by atoms with Crippen molar-refractivity contribution < 1.29 is 9.90 Å². The van der Waals surface area contributed by atoms with Gasteiger partial charge in [-0.05, 0) is 56.2 Å². The molecule has 0 aliphatic heterocycles. The highest BCUT2D eigenvalue weighted by molar-refractivity contribution is 5.69. The number of carboxylic acid groups (broad SMARTS) is 1. The summed E-state index contributed by atoms with van der Waals surface area (Å²) < 4.78 is 0. The van der Waals surface area contributed by atoms with E-state index in [1.165, 1.54) is 42.4 Å². The highest BCUT2D eigenvalue weighted by Crippen LogP contribution is 2.23. The molecule has 0 saturated carbocycles. The number of hydrogen-bond donors (Lipinski definition) is 1. The van der Waals surface area contributed by atoms with Gasteiger partial charge in [-0.2, -0.15) is 0 Å². The predicted octanol–water partition coefficient (Wildman–Crippen LogP) is 2.86. The topological polar surface area (TPSA) is 40.5 Å². The summed E-state index contributed by atoms with van der Waals surface area (Å²) in [5, 5.41) is 8.96. The normalized spacial score (nSPS) is 14.7. The Balaban J connectivity index is 2.10. The molecule has 0 unspecified atom stereocenters. The molecule has 1 aliphatic rings. The van der Waals surface area contributed by atoms with Gasteiger partial charge in [-0.15, -0.1) is 0 Å². The standard InChI is InChI=1S/C16H23NO2/c1-12(2)17(11-16(18)19)10-13-7-8-14-5-3-4-6-15(14)9-13/h7-9,12H,3-6,10-11H2,1-2H3,(H,18,19). The second kappa shape index (κ2) is 6.20. The lowest BCUT2D eigenvalue weighted by Gasteiger charge is -2.25. The molecule has 0 aromatic heterocycles. The number of aryl methyl sites for hydroxylation is 2. The number of nitrogens with zero attached hydrogens (tertiary/aromatic N) is 1. The van der Waals surface area contributed by atoms with Crippen LogP contribution in [-0.4, -0.2) is 28.6 Å². The molecule has 0 saturated heterocycles. The molecule has 1 aromatic carbocycles. The minimum atomic E-state index is -0.758. The predicted molar refractivity (Wildman–Crippen MR) is 76.3 cm³/mol. The Kier molecular flexibility index (Phi) is 4.59. The Labute approximate surface area is 115 Å². The number of hydrogen-bond acceptors (Lipinski definition) is 2. The summed E-state index contributed by atoms with van der Waals surface area (Å²) in [5.41, 5.74) is 4.17. The molecule has 3 heteroatoms. The molecule has 0 radical (unpaired) electrons. The largest absolute Gasteiger partial charge is 0.480 e. The molecule has 1 N–H and O–H groups in total. The van der Waals surface area contributed by atoms with Crippen LogP contribution in [0.15, 0.2) is 18.2 Å². The number of carboxylic acids is 1. The van der Waals surface area contributed by atoms with Crippen LogP contribution in [0.2, 0.25) is 0 Å². The molecule has 0 bridgehead atoms. The van der Waals surface area contributed by atoms with Crippen LogP contribution in [0.5, 0.6) is 0 Å². The fourth-order valence-electron chi connectivity index (χ4n) is 2.71. The summed E-state index contributed by atoms with van der Waals surface area (Å²) >= 11 is 0. The third kappa shape index (κ3) is 3.80. The van der Waals surface area contributed by atoms with E-state index in [-0.39, 0.29) is 12.6 Å². The van der Waals surface area contributed by atoms with Crippen molar-refractivity contribution in [3.63, 3.8) is 0 Å². The number of benzene rings is 1. The van der Waals surface area contributed by atoms with Crippen molar-refractivity contribution in [2.45, 2.75) is 52.1 Å². The van der Waals surface area contributed by atoms with Crippen LogP contribution in [0, 0.1) is 0 Å². The zero-order valence-electron chi connectivity index (χ0n) is 11.9. The van der Waals surface area contributed by atoms with Crippen molar-refractivity contribution in [3.8, 4) is 0 Å². The molecule has 104 valence electrons. The number of aliphatic carboxylic acids is 1. The summed E-state index contributed by atoms with van der Waals surface area (Å²) in [6.45, 7) is 4.91. The fourth-order valence-corrected chi connectivity index (χ4v) is 2.71. The van der Waals surface area contributed by atoms with E-state index in [4.69, 9.17) is 5.11 Å². The highest BCUT2D eigenvalue weighted by Gasteiger charge is 2.15. The minimum Gasteiger partial charge on any atom is -0.480 e. The first kappa shape index (κ1) is 14.1. The molecular formula is C16H23NO2. The van der Waals surface area contributed by atoms with E-state index in [1.807, 2.05) is 18.7 Å². The van der Waals surface area contributed by atoms with Gasteiger partial charge in [-0.3, -0.25) is 9.69 Å². The Morgan fingerprint density at radius 2 is 1.95 bits per heavy atom. The van der Waals surface area contributed by atoms with Gasteiger partial charge in [-0.1, -0.05) is 18.2 Å². The minimum absolute atomic E-state index is 0.106. The van der Waals surface area contributed by atoms with Gasteiger partial charge in [0.15, 0.2) is 0 Å². The van der Waals surface area contributed by atoms with Gasteiger partial charge in [0.1, 0.15) is 0 Å². The summed E-state index contributed by atoms with van der Waals surface area (Å²) in [6, 6.07) is 6.89. The van der Waals surface area contributed by atoms with Gasteiger partial charge in [-0.25, -0.2) is 0 Å². The Morgan fingerprint density at radius 3 is 2.58 bits per heavy atom. The second-order valence-electron chi connectivity index (χ2n) is 5.70. The maximum absolute atomic E-state index is 10.9. The first-order valence-electron chi connectivity index (χ1n) is 7.13. The third-order valence-electron chi connectivity index (χ3n) is 3.87. The smallest absolute Gasteiger partial charge is 0.317 e. The van der Waals surface area contributed by atoms with Crippen molar-refractivity contribution in [2.75, 3.05) is 6.54 Å². The number of rotatable bonds is 5. The molecule has 0 amide bonds. The third-order valence-corrected chi connectivity index (χ3v) is 3.87. The van der Waals surface area contributed by atoms with Gasteiger partial charge in [0, 0.05) is 12.6 Å². The molecule has 1 aromatic rings. The Morgan fingerprint density at radius 1 is 1.26 bits per heavy atom. The molecule has 0 atom stereocenters. The van der Waals surface area contributed by atoms with E-state index in [0.29, 0.717) is 0 Å². The van der Waals surface area contributed by atoms with Crippen LogP contribution in [0.25, 0.3) is 0 Å².